The fourth-order valence-electron chi connectivity index (χ4n) is 3.52. The molecule has 1 heterocycles. The van der Waals surface area contributed by atoms with Gasteiger partial charge in [0.1, 0.15) is 10.6 Å². The van der Waals surface area contributed by atoms with Crippen molar-refractivity contribution in [2.45, 2.75) is 20.1 Å². The lowest BCUT2D eigenvalue weighted by Gasteiger charge is -2.15. The third-order valence-electron chi connectivity index (χ3n) is 5.02. The number of anilines is 2. The fraction of sp³-hybridized carbons (Fsp3) is 0.269. The van der Waals surface area contributed by atoms with Gasteiger partial charge in [0.05, 0.1) is 18.4 Å². The Labute approximate surface area is 229 Å². The van der Waals surface area contributed by atoms with Crippen molar-refractivity contribution < 1.29 is 42.1 Å². The first-order valence-electron chi connectivity index (χ1n) is 11.8. The molecule has 1 aromatic heterocycles. The van der Waals surface area contributed by atoms with Crippen molar-refractivity contribution in [3.05, 3.63) is 71.3 Å². The van der Waals surface area contributed by atoms with Gasteiger partial charge in [-0.3, -0.25) is 9.52 Å². The number of nitrogens with one attached hydrogen (secondary N) is 2. The molecule has 3 aromatic rings. The molecule has 0 spiro atoms. The summed E-state index contributed by atoms with van der Waals surface area (Å²) in [4.78, 5) is 38.7. The van der Waals surface area contributed by atoms with E-state index in [1.165, 1.54) is 24.3 Å². The SMILES string of the molecule is CCOC(=O)c1c(NC(=O)COC(=O)c2cccc(NS(C)(=O)=O)c2)sc(-c2ccccc2)c1C(O)OCC. The second kappa shape index (κ2) is 13.3. The highest BCUT2D eigenvalue weighted by Crippen LogP contribution is 2.44. The van der Waals surface area contributed by atoms with Crippen molar-refractivity contribution in [2.24, 2.45) is 0 Å². The molecule has 0 bridgehead atoms. The molecule has 0 radical (unpaired) electrons. The maximum Gasteiger partial charge on any atom is 0.341 e. The van der Waals surface area contributed by atoms with E-state index in [2.05, 4.69) is 10.0 Å². The number of thiophene rings is 1. The molecule has 0 aliphatic carbocycles. The first-order chi connectivity index (χ1) is 18.5. The third kappa shape index (κ3) is 8.10. The first-order valence-corrected chi connectivity index (χ1v) is 14.5. The van der Waals surface area contributed by atoms with E-state index in [4.69, 9.17) is 14.2 Å². The summed E-state index contributed by atoms with van der Waals surface area (Å²) < 4.78 is 40.8. The number of amides is 1. The molecule has 208 valence electrons. The predicted octanol–water partition coefficient (Wildman–Crippen LogP) is 3.79. The van der Waals surface area contributed by atoms with Crippen molar-refractivity contribution in [1.82, 2.24) is 0 Å². The maximum absolute atomic E-state index is 12.9. The van der Waals surface area contributed by atoms with Crippen LogP contribution in [0.2, 0.25) is 0 Å². The molecule has 0 fully saturated rings. The Hall–Kier alpha value is -3.78. The molecule has 3 N–H and O–H groups in total. The number of sulfonamides is 1. The molecule has 11 nitrogen and oxygen atoms in total. The molecule has 3 rings (SSSR count). The number of aliphatic hydroxyl groups excluding tert-OH is 1. The molecule has 13 heteroatoms. The van der Waals surface area contributed by atoms with Crippen molar-refractivity contribution in [2.75, 3.05) is 36.1 Å². The normalized spacial score (nSPS) is 11.9. The van der Waals surface area contributed by atoms with Gasteiger partial charge in [0.25, 0.3) is 5.91 Å². The van der Waals surface area contributed by atoms with Crippen LogP contribution in [0.4, 0.5) is 10.7 Å². The van der Waals surface area contributed by atoms with Crippen LogP contribution in [0.3, 0.4) is 0 Å². The van der Waals surface area contributed by atoms with Gasteiger partial charge < -0.3 is 24.6 Å². The summed E-state index contributed by atoms with van der Waals surface area (Å²) in [5, 5.41) is 13.4. The van der Waals surface area contributed by atoms with Crippen molar-refractivity contribution in [3.63, 3.8) is 0 Å². The van der Waals surface area contributed by atoms with E-state index in [0.717, 1.165) is 17.6 Å². The standard InChI is InChI=1S/C26H28N2O9S2/c1-4-35-25(31)20-21(26(32)36-5-2)23(38-22(20)16-10-7-6-8-11-16)27-19(29)15-37-24(30)17-12-9-13-18(14-17)28-39(3,33)34/h6-14,25,28,31H,4-5,15H2,1-3H3,(H,27,29). The van der Waals surface area contributed by atoms with Gasteiger partial charge in [-0.1, -0.05) is 36.4 Å². The van der Waals surface area contributed by atoms with Gasteiger partial charge in [-0.15, -0.1) is 11.3 Å². The smallest absolute Gasteiger partial charge is 0.341 e. The van der Waals surface area contributed by atoms with E-state index in [9.17, 15) is 27.9 Å². The van der Waals surface area contributed by atoms with Gasteiger partial charge in [0.2, 0.25) is 10.0 Å². The molecular weight excluding hydrogens is 548 g/mol. The van der Waals surface area contributed by atoms with Crippen LogP contribution >= 0.6 is 11.3 Å². The molecule has 1 unspecified atom stereocenters. The predicted molar refractivity (Wildman–Crippen MR) is 146 cm³/mol. The third-order valence-corrected chi connectivity index (χ3v) is 6.80. The highest BCUT2D eigenvalue weighted by atomic mass is 32.2. The number of carbonyl (C=O) groups excluding carboxylic acids is 3. The quantitative estimate of drug-likeness (QED) is 0.216. The summed E-state index contributed by atoms with van der Waals surface area (Å²) in [6, 6.07) is 14.5. The zero-order chi connectivity index (χ0) is 28.6. The van der Waals surface area contributed by atoms with Crippen molar-refractivity contribution in [1.29, 1.82) is 0 Å². The van der Waals surface area contributed by atoms with Crippen LogP contribution in [-0.4, -0.2) is 57.4 Å². The molecule has 0 aliphatic heterocycles. The van der Waals surface area contributed by atoms with Gasteiger partial charge in [-0.25, -0.2) is 18.0 Å². The second-order valence-corrected chi connectivity index (χ2v) is 10.8. The average Bonchev–Trinajstić information content (AvgIpc) is 3.26. The lowest BCUT2D eigenvalue weighted by Crippen LogP contribution is -2.22. The Kier molecular flexibility index (Phi) is 10.2. The fourth-order valence-corrected chi connectivity index (χ4v) is 5.31. The van der Waals surface area contributed by atoms with Crippen LogP contribution in [0.25, 0.3) is 10.4 Å². The molecule has 0 saturated heterocycles. The van der Waals surface area contributed by atoms with Crippen LogP contribution in [0.5, 0.6) is 0 Å². The molecule has 0 saturated carbocycles. The molecule has 0 aliphatic rings. The summed E-state index contributed by atoms with van der Waals surface area (Å²) in [6.07, 6.45) is -0.503. The summed E-state index contributed by atoms with van der Waals surface area (Å²) in [6.45, 7) is 2.82. The topological polar surface area (TPSA) is 157 Å². The number of carbonyl (C=O) groups is 3. The summed E-state index contributed by atoms with van der Waals surface area (Å²) in [5.41, 5.74) is 0.933. The van der Waals surface area contributed by atoms with Gasteiger partial charge in [0.15, 0.2) is 12.9 Å². The summed E-state index contributed by atoms with van der Waals surface area (Å²) >= 11 is 1.04. The van der Waals surface area contributed by atoms with Gasteiger partial charge in [0, 0.05) is 22.7 Å². The lowest BCUT2D eigenvalue weighted by molar-refractivity contribution is -0.119. The van der Waals surface area contributed by atoms with Crippen LogP contribution in [-0.2, 0) is 29.0 Å². The number of hydrogen-bond acceptors (Lipinski definition) is 10. The highest BCUT2D eigenvalue weighted by Gasteiger charge is 2.31. The summed E-state index contributed by atoms with van der Waals surface area (Å²) in [5.74, 6) is -2.39. The van der Waals surface area contributed by atoms with Crippen LogP contribution in [0.1, 0.15) is 46.4 Å². The minimum Gasteiger partial charge on any atom is -0.462 e. The van der Waals surface area contributed by atoms with Crippen LogP contribution in [0, 0.1) is 0 Å². The molecule has 2 aromatic carbocycles. The Morgan fingerprint density at radius 2 is 1.69 bits per heavy atom. The minimum atomic E-state index is -3.56. The monoisotopic (exact) mass is 576 g/mol. The Morgan fingerprint density at radius 3 is 2.33 bits per heavy atom. The number of hydrogen-bond donors (Lipinski definition) is 3. The summed E-state index contributed by atoms with van der Waals surface area (Å²) in [7, 11) is -3.56. The molecule has 39 heavy (non-hydrogen) atoms. The van der Waals surface area contributed by atoms with Crippen molar-refractivity contribution in [3.8, 4) is 10.4 Å². The Morgan fingerprint density at radius 1 is 0.974 bits per heavy atom. The average molecular weight is 577 g/mol. The van der Waals surface area contributed by atoms with Gasteiger partial charge >= 0.3 is 11.9 Å². The maximum atomic E-state index is 12.9. The minimum absolute atomic E-state index is 0.0215. The van der Waals surface area contributed by atoms with E-state index in [0.29, 0.717) is 10.4 Å². The lowest BCUT2D eigenvalue weighted by atomic mass is 10.0. The van der Waals surface area contributed by atoms with Gasteiger partial charge in [-0.05, 0) is 37.6 Å². The zero-order valence-electron chi connectivity index (χ0n) is 21.4. The van der Waals surface area contributed by atoms with E-state index < -0.39 is 40.8 Å². The number of rotatable bonds is 12. The van der Waals surface area contributed by atoms with Crippen molar-refractivity contribution >= 4 is 49.9 Å². The van der Waals surface area contributed by atoms with E-state index in [-0.39, 0.29) is 40.6 Å². The van der Waals surface area contributed by atoms with Gasteiger partial charge in [-0.2, -0.15) is 0 Å². The van der Waals surface area contributed by atoms with E-state index in [1.807, 2.05) is 6.07 Å². The largest absolute Gasteiger partial charge is 0.462 e. The Bertz CT molecular complexity index is 1440. The first kappa shape index (κ1) is 29.8. The van der Waals surface area contributed by atoms with Crippen LogP contribution < -0.4 is 10.0 Å². The number of benzene rings is 2. The molecule has 1 amide bonds. The number of ether oxygens (including phenoxy) is 3. The zero-order valence-corrected chi connectivity index (χ0v) is 23.1. The van der Waals surface area contributed by atoms with E-state index in [1.54, 1.807) is 38.1 Å². The number of esters is 2. The highest BCUT2D eigenvalue weighted by molar-refractivity contribution is 7.92. The number of aliphatic hydroxyl groups is 1. The van der Waals surface area contributed by atoms with E-state index >= 15 is 0 Å². The second-order valence-electron chi connectivity index (χ2n) is 8.02. The Balaban J connectivity index is 1.86. The van der Waals surface area contributed by atoms with Crippen LogP contribution in [0.15, 0.2) is 54.6 Å². The molecule has 1 atom stereocenters. The molecular formula is C26H28N2O9S2.